The number of esters is 1. The molecule has 5 fully saturated rings. The van der Waals surface area contributed by atoms with Crippen LogP contribution in [0.1, 0.15) is 118 Å². The lowest BCUT2D eigenvalue weighted by Gasteiger charge is -2.73. The molecule has 3 nitrogen and oxygen atoms in total. The van der Waals surface area contributed by atoms with Crippen LogP contribution in [0.4, 0.5) is 0 Å². The van der Waals surface area contributed by atoms with E-state index in [-0.39, 0.29) is 39.1 Å². The minimum atomic E-state index is -0.609. The average Bonchev–Trinajstić information content (AvgIpc) is 3.35. The molecule has 3 heteroatoms. The summed E-state index contributed by atoms with van der Waals surface area (Å²) < 4.78 is 5.95. The average molecular weight is 585 g/mol. The summed E-state index contributed by atoms with van der Waals surface area (Å²) in [7, 11) is 0. The molecule has 43 heavy (non-hydrogen) atoms. The summed E-state index contributed by atoms with van der Waals surface area (Å²) in [5.74, 6) is 9.26. The summed E-state index contributed by atoms with van der Waals surface area (Å²) in [5.41, 5.74) is 2.84. The van der Waals surface area contributed by atoms with Gasteiger partial charge in [-0.05, 0) is 129 Å². The molecule has 11 atom stereocenters. The van der Waals surface area contributed by atoms with Gasteiger partial charge in [-0.25, -0.2) is 0 Å². The number of aliphatic hydroxyl groups excluding tert-OH is 1. The molecule has 5 saturated carbocycles. The Balaban J connectivity index is 1.34. The summed E-state index contributed by atoms with van der Waals surface area (Å²) in [6.45, 7) is 21.0. The summed E-state index contributed by atoms with van der Waals surface area (Å²) in [4.78, 5) is 12.0. The Morgan fingerprint density at radius 2 is 1.60 bits per heavy atom. The van der Waals surface area contributed by atoms with Crippen molar-refractivity contribution in [3.63, 3.8) is 0 Å². The van der Waals surface area contributed by atoms with E-state index in [0.29, 0.717) is 29.6 Å². The lowest BCUT2D eigenvalue weighted by atomic mass is 9.32. The highest BCUT2D eigenvalue weighted by Gasteiger charge is 2.71. The largest absolute Gasteiger partial charge is 0.462 e. The van der Waals surface area contributed by atoms with Gasteiger partial charge in [-0.3, -0.25) is 4.79 Å². The minimum absolute atomic E-state index is 0.0164. The molecule has 0 amide bonds. The number of hydrogen-bond acceptors (Lipinski definition) is 3. The first-order chi connectivity index (χ1) is 20.2. The van der Waals surface area contributed by atoms with Crippen molar-refractivity contribution in [3.8, 4) is 11.8 Å². The molecule has 0 aromatic heterocycles. The van der Waals surface area contributed by atoms with Crippen LogP contribution in [0.3, 0.4) is 0 Å². The van der Waals surface area contributed by atoms with Crippen molar-refractivity contribution in [1.29, 1.82) is 0 Å². The molecule has 0 aliphatic heterocycles. The van der Waals surface area contributed by atoms with Gasteiger partial charge in [-0.2, -0.15) is 0 Å². The van der Waals surface area contributed by atoms with Crippen molar-refractivity contribution in [2.75, 3.05) is 0 Å². The predicted molar refractivity (Wildman–Crippen MR) is 174 cm³/mol. The molecule has 1 aromatic carbocycles. The van der Waals surface area contributed by atoms with Crippen LogP contribution in [0.2, 0.25) is 0 Å². The van der Waals surface area contributed by atoms with Crippen LogP contribution in [-0.2, 0) is 9.53 Å². The number of carbonyl (C=O) groups is 1. The van der Waals surface area contributed by atoms with Crippen molar-refractivity contribution in [2.24, 2.45) is 56.7 Å². The van der Waals surface area contributed by atoms with Crippen LogP contribution in [0, 0.1) is 68.5 Å². The minimum Gasteiger partial charge on any atom is -0.462 e. The Morgan fingerprint density at radius 1 is 0.884 bits per heavy atom. The molecular formula is C40H56O3. The summed E-state index contributed by atoms with van der Waals surface area (Å²) >= 11 is 0. The van der Waals surface area contributed by atoms with E-state index >= 15 is 0 Å². The van der Waals surface area contributed by atoms with E-state index < -0.39 is 6.10 Å². The van der Waals surface area contributed by atoms with Crippen molar-refractivity contribution in [2.45, 2.75) is 125 Å². The predicted octanol–water partition coefficient (Wildman–Crippen LogP) is 8.99. The zero-order valence-corrected chi connectivity index (χ0v) is 28.0. The summed E-state index contributed by atoms with van der Waals surface area (Å²) in [5, 5.41) is 12.0. The van der Waals surface area contributed by atoms with Gasteiger partial charge in [-0.15, -0.1) is 0 Å². The van der Waals surface area contributed by atoms with Gasteiger partial charge in [0.25, 0.3) is 0 Å². The highest BCUT2D eigenvalue weighted by molar-refractivity contribution is 5.66. The maximum absolute atomic E-state index is 12.0. The standard InChI is InChI=1S/C40H56O3/c1-26(2)29-18-23-40(33(42)17-14-28-12-10-9-11-13-28)25-24-38(7)30(35(29)40)15-16-32-37(6)21-20-34(43-27(3)41)36(4,5)31(37)19-22-39(32,38)8/h9-13,29-35,42H,1,15-16,18-25H2,2-8H3/t29-,30+,31-,32+,33+,34-,35+,37-,38+,39+,40+/m0/s1. The van der Waals surface area contributed by atoms with E-state index in [1.54, 1.807) is 6.92 Å². The lowest BCUT2D eigenvalue weighted by Crippen LogP contribution is -2.67. The molecule has 0 radical (unpaired) electrons. The number of benzene rings is 1. The monoisotopic (exact) mass is 584 g/mol. The van der Waals surface area contributed by atoms with E-state index in [0.717, 1.165) is 37.7 Å². The van der Waals surface area contributed by atoms with Crippen LogP contribution in [-0.4, -0.2) is 23.3 Å². The highest BCUT2D eigenvalue weighted by Crippen LogP contribution is 2.78. The fraction of sp³-hybridized carbons (Fsp3) is 0.725. The second-order valence-electron chi connectivity index (χ2n) is 16.9. The molecule has 1 aromatic rings. The second kappa shape index (κ2) is 10.5. The maximum atomic E-state index is 12.0. The number of fused-ring (bicyclic) bond motifs is 7. The van der Waals surface area contributed by atoms with Crippen molar-refractivity contribution < 1.29 is 14.6 Å². The van der Waals surface area contributed by atoms with Gasteiger partial charge in [0.15, 0.2) is 0 Å². The number of aliphatic hydroxyl groups is 1. The number of ether oxygens (including phenoxy) is 1. The Morgan fingerprint density at radius 3 is 2.28 bits per heavy atom. The normalized spacial score (nSPS) is 45.2. The SMILES string of the molecule is C=C(C)[C@@H]1CC[C@]2([C@H](O)C#Cc3ccccc3)CC[C@]3(C)[C@H](CC[C@@H]4[C@@]5(C)CC[C@H](OC(C)=O)C(C)(C)[C@@H]5CC[C@]43C)[C@@H]12. The number of rotatable bonds is 3. The first kappa shape index (κ1) is 31.0. The Labute approximate surface area is 261 Å². The molecule has 0 bridgehead atoms. The Bertz CT molecular complexity index is 1320. The molecular weight excluding hydrogens is 528 g/mol. The van der Waals surface area contributed by atoms with E-state index in [9.17, 15) is 9.90 Å². The van der Waals surface area contributed by atoms with Crippen LogP contribution in [0.15, 0.2) is 42.5 Å². The van der Waals surface area contributed by atoms with Gasteiger partial charge in [-0.1, -0.05) is 76.8 Å². The number of allylic oxidation sites excluding steroid dienone is 1. The molecule has 5 aliphatic rings. The molecule has 0 unspecified atom stereocenters. The third-order valence-corrected chi connectivity index (χ3v) is 15.1. The Hall–Kier alpha value is -2.05. The van der Waals surface area contributed by atoms with Crippen LogP contribution >= 0.6 is 0 Å². The first-order valence-corrected chi connectivity index (χ1v) is 17.3. The fourth-order valence-electron chi connectivity index (χ4n) is 12.9. The molecule has 6 rings (SSSR count). The maximum Gasteiger partial charge on any atom is 0.302 e. The van der Waals surface area contributed by atoms with E-state index in [2.05, 4.69) is 60.0 Å². The lowest BCUT2D eigenvalue weighted by molar-refractivity contribution is -0.253. The molecule has 0 spiro atoms. The van der Waals surface area contributed by atoms with Crippen molar-refractivity contribution in [3.05, 3.63) is 48.0 Å². The quantitative estimate of drug-likeness (QED) is 0.219. The second-order valence-corrected chi connectivity index (χ2v) is 16.9. The fourth-order valence-corrected chi connectivity index (χ4v) is 12.9. The highest BCUT2D eigenvalue weighted by atomic mass is 16.5. The van der Waals surface area contributed by atoms with Gasteiger partial charge in [0, 0.05) is 23.3 Å². The molecule has 1 N–H and O–H groups in total. The number of hydrogen-bond donors (Lipinski definition) is 1. The van der Waals surface area contributed by atoms with Gasteiger partial charge in [0.2, 0.25) is 0 Å². The molecule has 0 saturated heterocycles. The summed E-state index contributed by atoms with van der Waals surface area (Å²) in [6, 6.07) is 10.1. The topological polar surface area (TPSA) is 46.5 Å². The zero-order valence-electron chi connectivity index (χ0n) is 28.0. The third kappa shape index (κ3) is 4.43. The Kier molecular flexibility index (Phi) is 7.56. The molecule has 234 valence electrons. The number of carbonyl (C=O) groups excluding carboxylic acids is 1. The van der Waals surface area contributed by atoms with Crippen LogP contribution in [0.25, 0.3) is 0 Å². The smallest absolute Gasteiger partial charge is 0.302 e. The van der Waals surface area contributed by atoms with E-state index in [4.69, 9.17) is 4.74 Å². The van der Waals surface area contributed by atoms with Gasteiger partial charge in [0.1, 0.15) is 12.2 Å². The summed E-state index contributed by atoms with van der Waals surface area (Å²) in [6.07, 6.45) is 10.9. The van der Waals surface area contributed by atoms with Crippen LogP contribution in [0.5, 0.6) is 0 Å². The molecule has 0 heterocycles. The van der Waals surface area contributed by atoms with Crippen LogP contribution < -0.4 is 0 Å². The van der Waals surface area contributed by atoms with Gasteiger partial charge < -0.3 is 9.84 Å². The van der Waals surface area contributed by atoms with Crippen molar-refractivity contribution in [1.82, 2.24) is 0 Å². The molecule has 5 aliphatic carbocycles. The first-order valence-electron chi connectivity index (χ1n) is 17.3. The van der Waals surface area contributed by atoms with Gasteiger partial charge in [0.05, 0.1) is 0 Å². The van der Waals surface area contributed by atoms with E-state index in [1.807, 2.05) is 30.3 Å². The third-order valence-electron chi connectivity index (χ3n) is 15.1. The van der Waals surface area contributed by atoms with E-state index in [1.165, 1.54) is 37.7 Å². The van der Waals surface area contributed by atoms with Crippen molar-refractivity contribution >= 4 is 5.97 Å². The zero-order chi connectivity index (χ0) is 31.0. The van der Waals surface area contributed by atoms with Gasteiger partial charge >= 0.3 is 5.97 Å².